The lowest BCUT2D eigenvalue weighted by Gasteiger charge is -2.25. The number of sulfonamides is 1. The predicted octanol–water partition coefficient (Wildman–Crippen LogP) is 5.87. The fraction of sp³-hybridized carbons (Fsp3) is 0.269. The van der Waals surface area contributed by atoms with E-state index in [4.69, 9.17) is 0 Å². The first kappa shape index (κ1) is 23.4. The Bertz CT molecular complexity index is 1260. The second-order valence-corrected chi connectivity index (χ2v) is 12.0. The molecule has 5 nitrogen and oxygen atoms in total. The molecule has 0 bridgehead atoms. The van der Waals surface area contributed by atoms with E-state index in [1.54, 1.807) is 29.2 Å². The van der Waals surface area contributed by atoms with Crippen LogP contribution in [0.4, 0.5) is 11.4 Å². The van der Waals surface area contributed by atoms with Crippen molar-refractivity contribution >= 4 is 39.1 Å². The number of benzene rings is 3. The van der Waals surface area contributed by atoms with Crippen molar-refractivity contribution < 1.29 is 13.2 Å². The summed E-state index contributed by atoms with van der Waals surface area (Å²) in [5, 5.41) is -0.212. The summed E-state index contributed by atoms with van der Waals surface area (Å²) in [7, 11) is -3.73. The lowest BCUT2D eigenvalue weighted by molar-refractivity contribution is -0.115. The molecule has 0 unspecified atom stereocenters. The summed E-state index contributed by atoms with van der Waals surface area (Å²) in [6.45, 7) is 8.28. The Morgan fingerprint density at radius 3 is 2.27 bits per heavy atom. The van der Waals surface area contributed by atoms with Crippen molar-refractivity contribution in [2.75, 3.05) is 15.4 Å². The van der Waals surface area contributed by atoms with Gasteiger partial charge in [0.15, 0.2) is 0 Å². The number of hydrogen-bond donors (Lipinski definition) is 1. The third kappa shape index (κ3) is 5.09. The maximum absolute atomic E-state index is 13.0. The summed E-state index contributed by atoms with van der Waals surface area (Å²) in [5.74, 6) is 0.424. The van der Waals surface area contributed by atoms with Crippen molar-refractivity contribution in [2.45, 2.75) is 43.4 Å². The number of carbonyl (C=O) groups excluding carboxylic acids is 1. The molecule has 1 saturated heterocycles. The molecular weight excluding hydrogens is 452 g/mol. The van der Waals surface area contributed by atoms with Crippen molar-refractivity contribution in [1.29, 1.82) is 0 Å². The van der Waals surface area contributed by atoms with Crippen LogP contribution in [-0.2, 0) is 20.2 Å². The molecule has 1 heterocycles. The topological polar surface area (TPSA) is 66.5 Å². The van der Waals surface area contributed by atoms with Crippen LogP contribution in [0.25, 0.3) is 0 Å². The van der Waals surface area contributed by atoms with Crippen LogP contribution >= 0.6 is 11.8 Å². The third-order valence-corrected chi connectivity index (χ3v) is 8.24. The molecule has 1 aliphatic rings. The fourth-order valence-corrected chi connectivity index (χ4v) is 5.98. The van der Waals surface area contributed by atoms with Gasteiger partial charge in [-0.2, -0.15) is 0 Å². The van der Waals surface area contributed by atoms with Gasteiger partial charge in [-0.25, -0.2) is 8.42 Å². The van der Waals surface area contributed by atoms with E-state index < -0.39 is 10.0 Å². The van der Waals surface area contributed by atoms with Gasteiger partial charge < -0.3 is 0 Å². The molecule has 1 N–H and O–H groups in total. The van der Waals surface area contributed by atoms with Crippen LogP contribution in [0.15, 0.2) is 77.7 Å². The monoisotopic (exact) mass is 480 g/mol. The van der Waals surface area contributed by atoms with E-state index in [9.17, 15) is 13.2 Å². The first-order chi connectivity index (χ1) is 15.5. The largest absolute Gasteiger partial charge is 0.295 e. The minimum atomic E-state index is -3.73. The van der Waals surface area contributed by atoms with Crippen LogP contribution < -0.4 is 9.62 Å². The molecule has 4 rings (SSSR count). The summed E-state index contributed by atoms with van der Waals surface area (Å²) < 4.78 is 28.7. The van der Waals surface area contributed by atoms with Crippen molar-refractivity contribution in [3.05, 3.63) is 89.5 Å². The zero-order valence-corrected chi connectivity index (χ0v) is 20.8. The molecule has 1 aliphatic heterocycles. The van der Waals surface area contributed by atoms with Gasteiger partial charge in [-0.1, -0.05) is 62.7 Å². The smallest absolute Gasteiger partial charge is 0.261 e. The van der Waals surface area contributed by atoms with Crippen LogP contribution in [0.2, 0.25) is 0 Å². The van der Waals surface area contributed by atoms with Gasteiger partial charge in [0.25, 0.3) is 10.0 Å². The predicted molar refractivity (Wildman–Crippen MR) is 136 cm³/mol. The molecule has 0 saturated carbocycles. The number of hydrogen-bond acceptors (Lipinski definition) is 4. The molecule has 1 atom stereocenters. The average molecular weight is 481 g/mol. The molecule has 3 aromatic carbocycles. The van der Waals surface area contributed by atoms with Gasteiger partial charge in [0.05, 0.1) is 10.6 Å². The van der Waals surface area contributed by atoms with Gasteiger partial charge in [-0.15, -0.1) is 11.8 Å². The molecule has 7 heteroatoms. The second kappa shape index (κ2) is 8.88. The zero-order valence-electron chi connectivity index (χ0n) is 19.2. The Kier molecular flexibility index (Phi) is 6.29. The van der Waals surface area contributed by atoms with Gasteiger partial charge in [0, 0.05) is 11.4 Å². The van der Waals surface area contributed by atoms with Gasteiger partial charge in [0.1, 0.15) is 5.37 Å². The van der Waals surface area contributed by atoms with Crippen LogP contribution in [0.1, 0.15) is 42.8 Å². The Balaban J connectivity index is 1.58. The highest BCUT2D eigenvalue weighted by atomic mass is 32.2. The number of aryl methyl sites for hydroxylation is 1. The Labute approximate surface area is 200 Å². The Morgan fingerprint density at radius 2 is 1.64 bits per heavy atom. The van der Waals surface area contributed by atoms with Crippen LogP contribution in [0, 0.1) is 6.92 Å². The minimum Gasteiger partial charge on any atom is -0.295 e. The molecule has 0 spiro atoms. The molecule has 0 aliphatic carbocycles. The van der Waals surface area contributed by atoms with Crippen LogP contribution in [0.5, 0.6) is 0 Å². The minimum absolute atomic E-state index is 0.0405. The number of anilines is 2. The summed E-state index contributed by atoms with van der Waals surface area (Å²) in [6, 6.07) is 22.1. The van der Waals surface area contributed by atoms with E-state index in [1.165, 1.54) is 11.8 Å². The molecule has 1 amide bonds. The highest BCUT2D eigenvalue weighted by molar-refractivity contribution is 8.00. The number of thioether (sulfide) groups is 1. The van der Waals surface area contributed by atoms with Crippen molar-refractivity contribution in [2.24, 2.45) is 0 Å². The van der Waals surface area contributed by atoms with E-state index in [1.807, 2.05) is 55.5 Å². The normalized spacial score (nSPS) is 16.8. The maximum atomic E-state index is 13.0. The van der Waals surface area contributed by atoms with Gasteiger partial charge >= 0.3 is 0 Å². The Hall–Kier alpha value is -2.77. The average Bonchev–Trinajstić information content (AvgIpc) is 3.15. The van der Waals surface area contributed by atoms with Crippen molar-refractivity contribution in [1.82, 2.24) is 0 Å². The summed E-state index contributed by atoms with van der Waals surface area (Å²) in [4.78, 5) is 14.6. The molecule has 0 radical (unpaired) electrons. The summed E-state index contributed by atoms with van der Waals surface area (Å²) in [6.07, 6.45) is 0. The van der Waals surface area contributed by atoms with Crippen molar-refractivity contribution in [3.8, 4) is 0 Å². The highest BCUT2D eigenvalue weighted by Gasteiger charge is 2.34. The molecule has 1 fully saturated rings. The summed E-state index contributed by atoms with van der Waals surface area (Å²) in [5.41, 5.74) is 4.32. The Morgan fingerprint density at radius 1 is 0.970 bits per heavy atom. The molecule has 172 valence electrons. The SMILES string of the molecule is Cc1ccc(N2C(=O)CS[C@@H]2c2cccc(NS(=O)(=O)c3ccc(C(C)(C)C)cc3)c2)cc1. The lowest BCUT2D eigenvalue weighted by atomic mass is 9.87. The van der Waals surface area contributed by atoms with E-state index in [0.717, 1.165) is 22.4 Å². The second-order valence-electron chi connectivity index (χ2n) is 9.27. The standard InChI is InChI=1S/C26H28N2O3S2/c1-18-8-12-22(13-9-18)28-24(29)17-32-25(28)19-6-5-7-21(16-19)27-33(30,31)23-14-10-20(11-15-23)26(2,3)4/h5-16,25,27H,17H2,1-4H3/t25-/m1/s1. The number of rotatable bonds is 5. The lowest BCUT2D eigenvalue weighted by Crippen LogP contribution is -2.27. The zero-order chi connectivity index (χ0) is 23.8. The number of carbonyl (C=O) groups is 1. The molecule has 0 aromatic heterocycles. The third-order valence-electron chi connectivity index (χ3n) is 5.63. The number of nitrogens with one attached hydrogen (secondary N) is 1. The highest BCUT2D eigenvalue weighted by Crippen LogP contribution is 2.42. The van der Waals surface area contributed by atoms with Gasteiger partial charge in [-0.3, -0.25) is 14.4 Å². The summed E-state index contributed by atoms with van der Waals surface area (Å²) >= 11 is 1.54. The quantitative estimate of drug-likeness (QED) is 0.496. The fourth-order valence-electron chi connectivity index (χ4n) is 3.76. The number of amides is 1. The van der Waals surface area contributed by atoms with E-state index >= 15 is 0 Å². The van der Waals surface area contributed by atoms with Crippen molar-refractivity contribution in [3.63, 3.8) is 0 Å². The van der Waals surface area contributed by atoms with Gasteiger partial charge in [0.2, 0.25) is 5.91 Å². The van der Waals surface area contributed by atoms with Gasteiger partial charge in [-0.05, 0) is 59.9 Å². The first-order valence-corrected chi connectivity index (χ1v) is 13.3. The molecular formula is C26H28N2O3S2. The maximum Gasteiger partial charge on any atom is 0.261 e. The first-order valence-electron chi connectivity index (χ1n) is 10.8. The van der Waals surface area contributed by atoms with E-state index in [-0.39, 0.29) is 21.6 Å². The molecule has 33 heavy (non-hydrogen) atoms. The van der Waals surface area contributed by atoms with Crippen LogP contribution in [-0.4, -0.2) is 20.1 Å². The van der Waals surface area contributed by atoms with E-state index in [2.05, 4.69) is 25.5 Å². The van der Waals surface area contributed by atoms with Crippen LogP contribution in [0.3, 0.4) is 0 Å². The number of nitrogens with zero attached hydrogens (tertiary/aromatic N) is 1. The molecule has 3 aromatic rings. The van der Waals surface area contributed by atoms with E-state index in [0.29, 0.717) is 11.4 Å².